The molecule has 2 aliphatic rings. The van der Waals surface area contributed by atoms with Gasteiger partial charge in [-0.2, -0.15) is 0 Å². The Kier molecular flexibility index (Phi) is 8.14. The molecule has 2 aliphatic heterocycles. The van der Waals surface area contributed by atoms with E-state index in [9.17, 15) is 13.2 Å². The summed E-state index contributed by atoms with van der Waals surface area (Å²) in [5, 5.41) is -0.531. The number of rotatable bonds is 6. The summed E-state index contributed by atoms with van der Waals surface area (Å²) in [6.45, 7) is 11.0. The van der Waals surface area contributed by atoms with Gasteiger partial charge in [-0.05, 0) is 46.1 Å². The van der Waals surface area contributed by atoms with Crippen LogP contribution in [0.5, 0.6) is 0 Å². The molecule has 0 bridgehead atoms. The van der Waals surface area contributed by atoms with Crippen molar-refractivity contribution in [3.05, 3.63) is 48.3 Å². The molecular weight excluding hydrogens is 478 g/mol. The van der Waals surface area contributed by atoms with E-state index >= 15 is 0 Å². The maximum absolute atomic E-state index is 13.0. The van der Waals surface area contributed by atoms with Crippen molar-refractivity contribution in [2.75, 3.05) is 31.1 Å². The minimum atomic E-state index is -3.42. The van der Waals surface area contributed by atoms with Gasteiger partial charge in [0.15, 0.2) is 9.84 Å². The number of carbonyl (C=O) groups is 1. The van der Waals surface area contributed by atoms with Crippen molar-refractivity contribution in [3.8, 4) is 0 Å². The molecule has 2 atom stereocenters. The van der Waals surface area contributed by atoms with Gasteiger partial charge in [0.1, 0.15) is 11.0 Å². The highest BCUT2D eigenvalue weighted by Gasteiger charge is 2.35. The standard InChI is InChI=1S/C26H37N5O4S/c1-19(2)36(33,34)24-14-27-25(28-15-24)30-16-21(4)31(17-20(30)3)26(32)35-23-10-12-29(13-11-23)18-22-8-6-5-7-9-22/h5-9,14-15,19-21,23H,10-13,16-18H2,1-4H3/t20-,21+/m0/s1. The topological polar surface area (TPSA) is 95.9 Å². The monoisotopic (exact) mass is 515 g/mol. The van der Waals surface area contributed by atoms with E-state index in [2.05, 4.69) is 39.1 Å². The van der Waals surface area contributed by atoms with Crippen LogP contribution in [0.1, 0.15) is 46.1 Å². The third-order valence-corrected chi connectivity index (χ3v) is 9.20. The molecule has 1 amide bonds. The van der Waals surface area contributed by atoms with Crippen molar-refractivity contribution < 1.29 is 17.9 Å². The average Bonchev–Trinajstić information content (AvgIpc) is 2.87. The molecule has 0 unspecified atom stereocenters. The summed E-state index contributed by atoms with van der Waals surface area (Å²) in [6.07, 6.45) is 4.09. The summed E-state index contributed by atoms with van der Waals surface area (Å²) < 4.78 is 30.6. The number of sulfone groups is 1. The van der Waals surface area contributed by atoms with Crippen LogP contribution in [0.15, 0.2) is 47.6 Å². The van der Waals surface area contributed by atoms with Gasteiger partial charge in [-0.15, -0.1) is 0 Å². The van der Waals surface area contributed by atoms with Crippen molar-refractivity contribution in [1.29, 1.82) is 0 Å². The SMILES string of the molecule is CC(C)S(=O)(=O)c1cnc(N2C[C@@H](C)N(C(=O)OC3CCN(Cc4ccccc4)CC3)C[C@@H]2C)nc1. The smallest absolute Gasteiger partial charge is 0.410 e. The van der Waals surface area contributed by atoms with Gasteiger partial charge in [0.2, 0.25) is 5.95 Å². The van der Waals surface area contributed by atoms with Crippen LogP contribution in [0.2, 0.25) is 0 Å². The predicted molar refractivity (Wildman–Crippen MR) is 139 cm³/mol. The van der Waals surface area contributed by atoms with Gasteiger partial charge >= 0.3 is 6.09 Å². The summed E-state index contributed by atoms with van der Waals surface area (Å²) in [4.78, 5) is 28.0. The van der Waals surface area contributed by atoms with E-state index in [0.29, 0.717) is 19.0 Å². The Morgan fingerprint density at radius 2 is 1.67 bits per heavy atom. The molecule has 0 aliphatic carbocycles. The number of amides is 1. The summed E-state index contributed by atoms with van der Waals surface area (Å²) in [7, 11) is -3.42. The third kappa shape index (κ3) is 5.98. The molecule has 1 aromatic heterocycles. The summed E-state index contributed by atoms with van der Waals surface area (Å²) in [5.74, 6) is 0.468. The number of piperidine rings is 1. The van der Waals surface area contributed by atoms with Crippen LogP contribution in [0.3, 0.4) is 0 Å². The third-order valence-electron chi connectivity index (χ3n) is 7.09. The van der Waals surface area contributed by atoms with Gasteiger partial charge in [-0.25, -0.2) is 23.2 Å². The molecule has 0 spiro atoms. The normalized spacial score (nSPS) is 22.1. The van der Waals surface area contributed by atoms with Gasteiger partial charge in [0.05, 0.1) is 17.6 Å². The van der Waals surface area contributed by atoms with Crippen LogP contribution in [0.4, 0.5) is 10.7 Å². The van der Waals surface area contributed by atoms with E-state index in [-0.39, 0.29) is 29.2 Å². The highest BCUT2D eigenvalue weighted by molar-refractivity contribution is 7.92. The Bertz CT molecular complexity index is 1120. The van der Waals surface area contributed by atoms with Gasteiger partial charge in [-0.1, -0.05) is 30.3 Å². The van der Waals surface area contributed by atoms with E-state index in [1.807, 2.05) is 24.8 Å². The maximum atomic E-state index is 13.0. The van der Waals surface area contributed by atoms with Gasteiger partial charge < -0.3 is 14.5 Å². The van der Waals surface area contributed by atoms with E-state index in [1.54, 1.807) is 18.7 Å². The average molecular weight is 516 g/mol. The molecule has 0 radical (unpaired) electrons. The van der Waals surface area contributed by atoms with Crippen LogP contribution in [-0.4, -0.2) is 83.9 Å². The van der Waals surface area contributed by atoms with Crippen LogP contribution in [0.25, 0.3) is 0 Å². The minimum absolute atomic E-state index is 0.0333. The zero-order valence-electron chi connectivity index (χ0n) is 21.6. The van der Waals surface area contributed by atoms with Crippen molar-refractivity contribution in [1.82, 2.24) is 19.8 Å². The number of hydrogen-bond acceptors (Lipinski definition) is 8. The fourth-order valence-electron chi connectivity index (χ4n) is 4.77. The van der Waals surface area contributed by atoms with E-state index in [0.717, 1.165) is 32.5 Å². The second-order valence-electron chi connectivity index (χ2n) is 10.2. The molecule has 2 fully saturated rings. The minimum Gasteiger partial charge on any atom is -0.446 e. The number of piperazine rings is 1. The Morgan fingerprint density at radius 3 is 2.28 bits per heavy atom. The summed E-state index contributed by atoms with van der Waals surface area (Å²) in [6, 6.07) is 10.3. The summed E-state index contributed by atoms with van der Waals surface area (Å²) in [5.41, 5.74) is 1.30. The Hall–Kier alpha value is -2.72. The molecule has 1 aromatic carbocycles. The largest absolute Gasteiger partial charge is 0.446 e. The maximum Gasteiger partial charge on any atom is 0.410 e. The first-order valence-electron chi connectivity index (χ1n) is 12.7. The quantitative estimate of drug-likeness (QED) is 0.578. The molecule has 0 saturated carbocycles. The zero-order chi connectivity index (χ0) is 25.9. The van der Waals surface area contributed by atoms with Crippen LogP contribution in [-0.2, 0) is 21.1 Å². The zero-order valence-corrected chi connectivity index (χ0v) is 22.4. The second-order valence-corrected chi connectivity index (χ2v) is 12.7. The van der Waals surface area contributed by atoms with Gasteiger partial charge in [0, 0.05) is 44.8 Å². The highest BCUT2D eigenvalue weighted by atomic mass is 32.2. The molecule has 2 saturated heterocycles. The molecule has 0 N–H and O–H groups in total. The van der Waals surface area contributed by atoms with Crippen LogP contribution >= 0.6 is 0 Å². The van der Waals surface area contributed by atoms with E-state index in [1.165, 1.54) is 18.0 Å². The number of anilines is 1. The second kappa shape index (κ2) is 11.1. The van der Waals surface area contributed by atoms with Crippen molar-refractivity contribution in [3.63, 3.8) is 0 Å². The lowest BCUT2D eigenvalue weighted by Gasteiger charge is -2.44. The molecule has 10 heteroatoms. The fourth-order valence-corrected chi connectivity index (χ4v) is 5.72. The lowest BCUT2D eigenvalue weighted by atomic mass is 10.1. The van der Waals surface area contributed by atoms with Crippen molar-refractivity contribution in [2.24, 2.45) is 0 Å². The Labute approximate surface area is 214 Å². The van der Waals surface area contributed by atoms with E-state index < -0.39 is 15.1 Å². The number of aromatic nitrogens is 2. The summed E-state index contributed by atoms with van der Waals surface area (Å²) >= 11 is 0. The molecule has 4 rings (SSSR count). The Morgan fingerprint density at radius 1 is 1.03 bits per heavy atom. The molecular formula is C26H37N5O4S. The van der Waals surface area contributed by atoms with E-state index in [4.69, 9.17) is 4.74 Å². The number of hydrogen-bond donors (Lipinski definition) is 0. The highest BCUT2D eigenvalue weighted by Crippen LogP contribution is 2.24. The first kappa shape index (κ1) is 26.3. The lowest BCUT2D eigenvalue weighted by molar-refractivity contribution is 0.0165. The molecule has 3 heterocycles. The molecule has 9 nitrogen and oxygen atoms in total. The van der Waals surface area contributed by atoms with Gasteiger partial charge in [0.25, 0.3) is 0 Å². The number of ether oxygens (including phenoxy) is 1. The number of benzene rings is 1. The number of carbonyl (C=O) groups excluding carboxylic acids is 1. The number of likely N-dealkylation sites (tertiary alicyclic amines) is 1. The predicted octanol–water partition coefficient (Wildman–Crippen LogP) is 3.36. The fraction of sp³-hybridized carbons (Fsp3) is 0.577. The Balaban J connectivity index is 1.29. The van der Waals surface area contributed by atoms with Crippen LogP contribution in [0, 0.1) is 0 Å². The van der Waals surface area contributed by atoms with Crippen molar-refractivity contribution in [2.45, 2.75) is 75.4 Å². The molecule has 196 valence electrons. The number of nitrogens with zero attached hydrogens (tertiary/aromatic N) is 5. The first-order valence-corrected chi connectivity index (χ1v) is 14.3. The first-order chi connectivity index (χ1) is 17.1. The van der Waals surface area contributed by atoms with Crippen molar-refractivity contribution >= 4 is 21.9 Å². The lowest BCUT2D eigenvalue weighted by Crippen LogP contribution is -2.59. The molecule has 2 aromatic rings. The molecule has 36 heavy (non-hydrogen) atoms. The van der Waals surface area contributed by atoms with Crippen LogP contribution < -0.4 is 4.90 Å². The van der Waals surface area contributed by atoms with Gasteiger partial charge in [-0.3, -0.25) is 4.90 Å².